The summed E-state index contributed by atoms with van der Waals surface area (Å²) < 4.78 is 0. The van der Waals surface area contributed by atoms with Crippen LogP contribution in [0.1, 0.15) is 25.7 Å². The number of fused-ring (bicyclic) bond motifs is 1. The molecule has 1 amide bonds. The molecular formula is C14H12N4O3S2. The number of anilines is 1. The highest BCUT2D eigenvalue weighted by atomic mass is 32.1. The van der Waals surface area contributed by atoms with Crippen LogP contribution in [-0.2, 0) is 13.0 Å². The first-order valence-electron chi connectivity index (χ1n) is 6.78. The number of likely N-dealkylation sites (N-methyl/N-ethyl adjacent to an activating group) is 1. The Morgan fingerprint density at radius 2 is 2.26 bits per heavy atom. The SMILES string of the molecule is CN1CCc2c(sc(NC(=O)c3ccc([N+](=O)[O-])s3)c2C#N)C1. The first-order chi connectivity index (χ1) is 11.0. The van der Waals surface area contributed by atoms with Gasteiger partial charge in [0.05, 0.1) is 15.4 Å². The molecule has 0 fully saturated rings. The molecule has 9 heteroatoms. The monoisotopic (exact) mass is 348 g/mol. The smallest absolute Gasteiger partial charge is 0.312 e. The van der Waals surface area contributed by atoms with Crippen molar-refractivity contribution in [2.75, 3.05) is 18.9 Å². The molecular weight excluding hydrogens is 336 g/mol. The highest BCUT2D eigenvalue weighted by Crippen LogP contribution is 2.37. The summed E-state index contributed by atoms with van der Waals surface area (Å²) in [6.45, 7) is 1.64. The number of hydrogen-bond donors (Lipinski definition) is 1. The molecule has 118 valence electrons. The highest BCUT2D eigenvalue weighted by Gasteiger charge is 2.24. The number of thiophene rings is 2. The van der Waals surface area contributed by atoms with Crippen LogP contribution in [0.25, 0.3) is 0 Å². The predicted molar refractivity (Wildman–Crippen MR) is 88.0 cm³/mol. The van der Waals surface area contributed by atoms with Gasteiger partial charge in [0.2, 0.25) is 0 Å². The van der Waals surface area contributed by atoms with Crippen molar-refractivity contribution < 1.29 is 9.72 Å². The number of amides is 1. The van der Waals surface area contributed by atoms with E-state index in [0.717, 1.165) is 41.3 Å². The number of nitro groups is 1. The largest absolute Gasteiger partial charge is 0.324 e. The number of hydrogen-bond acceptors (Lipinski definition) is 7. The fraction of sp³-hybridized carbons (Fsp3) is 0.286. The molecule has 1 aliphatic heterocycles. The molecule has 23 heavy (non-hydrogen) atoms. The average molecular weight is 348 g/mol. The zero-order chi connectivity index (χ0) is 16.6. The standard InChI is InChI=1S/C14H12N4O3S2/c1-17-5-4-8-9(6-15)14(23-11(8)7-17)16-13(19)10-2-3-12(22-10)18(20)21/h2-3H,4-5,7H2,1H3,(H,16,19). The Balaban J connectivity index is 1.86. The molecule has 1 N–H and O–H groups in total. The van der Waals surface area contributed by atoms with Gasteiger partial charge in [-0.25, -0.2) is 0 Å². The van der Waals surface area contributed by atoms with Gasteiger partial charge in [-0.2, -0.15) is 5.26 Å². The molecule has 0 aliphatic carbocycles. The molecule has 0 saturated carbocycles. The lowest BCUT2D eigenvalue weighted by Crippen LogP contribution is -2.25. The molecule has 0 radical (unpaired) electrons. The number of nitrogens with one attached hydrogen (secondary N) is 1. The zero-order valence-electron chi connectivity index (χ0n) is 12.2. The second-order valence-corrected chi connectivity index (χ2v) is 7.32. The van der Waals surface area contributed by atoms with E-state index in [0.29, 0.717) is 10.6 Å². The van der Waals surface area contributed by atoms with Gasteiger partial charge in [0.1, 0.15) is 11.1 Å². The van der Waals surface area contributed by atoms with Crippen LogP contribution in [0.4, 0.5) is 10.0 Å². The van der Waals surface area contributed by atoms with Crippen LogP contribution >= 0.6 is 22.7 Å². The van der Waals surface area contributed by atoms with Gasteiger partial charge in [-0.3, -0.25) is 14.9 Å². The van der Waals surface area contributed by atoms with Crippen LogP contribution in [0.15, 0.2) is 12.1 Å². The lowest BCUT2D eigenvalue weighted by atomic mass is 10.0. The van der Waals surface area contributed by atoms with E-state index in [1.807, 2.05) is 7.05 Å². The van der Waals surface area contributed by atoms with Gasteiger partial charge in [0.25, 0.3) is 5.91 Å². The fourth-order valence-corrected chi connectivity index (χ4v) is 4.44. The maximum absolute atomic E-state index is 12.3. The van der Waals surface area contributed by atoms with Crippen molar-refractivity contribution in [2.24, 2.45) is 0 Å². The van der Waals surface area contributed by atoms with Crippen molar-refractivity contribution in [1.29, 1.82) is 5.26 Å². The number of carbonyl (C=O) groups excluding carboxylic acids is 1. The van der Waals surface area contributed by atoms with E-state index in [4.69, 9.17) is 0 Å². The lowest BCUT2D eigenvalue weighted by Gasteiger charge is -2.21. The summed E-state index contributed by atoms with van der Waals surface area (Å²) in [6, 6.07) is 4.90. The Kier molecular flexibility index (Phi) is 4.12. The van der Waals surface area contributed by atoms with Crippen LogP contribution in [0.3, 0.4) is 0 Å². The Hall–Kier alpha value is -2.28. The molecule has 0 spiro atoms. The molecule has 0 atom stereocenters. The third kappa shape index (κ3) is 2.96. The van der Waals surface area contributed by atoms with Crippen molar-refractivity contribution in [3.63, 3.8) is 0 Å². The predicted octanol–water partition coefficient (Wildman–Crippen LogP) is 2.83. The first-order valence-corrected chi connectivity index (χ1v) is 8.41. The Morgan fingerprint density at radius 3 is 2.91 bits per heavy atom. The quantitative estimate of drug-likeness (QED) is 0.679. The second kappa shape index (κ2) is 6.08. The van der Waals surface area contributed by atoms with Gasteiger partial charge in [-0.05, 0) is 25.1 Å². The van der Waals surface area contributed by atoms with Gasteiger partial charge in [0, 0.05) is 24.0 Å². The van der Waals surface area contributed by atoms with Crippen LogP contribution < -0.4 is 5.32 Å². The van der Waals surface area contributed by atoms with Crippen molar-refractivity contribution in [2.45, 2.75) is 13.0 Å². The minimum absolute atomic E-state index is 0.0808. The molecule has 7 nitrogen and oxygen atoms in total. The molecule has 0 unspecified atom stereocenters. The minimum atomic E-state index is -0.526. The topological polar surface area (TPSA) is 99.3 Å². The summed E-state index contributed by atoms with van der Waals surface area (Å²) in [5.74, 6) is -0.424. The van der Waals surface area contributed by atoms with Crippen LogP contribution in [0.5, 0.6) is 0 Å². The summed E-state index contributed by atoms with van der Waals surface area (Å²) in [6.07, 6.45) is 0.783. The normalized spacial score (nSPS) is 14.1. The van der Waals surface area contributed by atoms with Gasteiger partial charge in [0.15, 0.2) is 0 Å². The van der Waals surface area contributed by atoms with Gasteiger partial charge in [-0.1, -0.05) is 11.3 Å². The molecule has 3 heterocycles. The molecule has 2 aromatic heterocycles. The minimum Gasteiger partial charge on any atom is -0.312 e. The van der Waals surface area contributed by atoms with E-state index in [1.54, 1.807) is 0 Å². The van der Waals surface area contributed by atoms with Crippen molar-refractivity contribution in [3.8, 4) is 6.07 Å². The molecule has 2 aromatic rings. The summed E-state index contributed by atoms with van der Waals surface area (Å²) in [5.41, 5.74) is 1.51. The van der Waals surface area contributed by atoms with E-state index < -0.39 is 10.8 Å². The van der Waals surface area contributed by atoms with Crippen molar-refractivity contribution >= 4 is 38.6 Å². The first kappa shape index (κ1) is 15.6. The second-order valence-electron chi connectivity index (χ2n) is 5.16. The van der Waals surface area contributed by atoms with E-state index in [-0.39, 0.29) is 9.88 Å². The Bertz CT molecular complexity index is 834. The summed E-state index contributed by atoms with van der Waals surface area (Å²) in [5, 5.41) is 23.3. The van der Waals surface area contributed by atoms with Gasteiger partial charge < -0.3 is 10.2 Å². The number of rotatable bonds is 3. The van der Waals surface area contributed by atoms with Crippen molar-refractivity contribution in [3.05, 3.63) is 43.1 Å². The third-order valence-corrected chi connectivity index (χ3v) is 5.75. The Labute approximate surface area is 139 Å². The van der Waals surface area contributed by atoms with Gasteiger partial charge >= 0.3 is 5.00 Å². The number of nitrogens with zero attached hydrogens (tertiary/aromatic N) is 3. The summed E-state index contributed by atoms with van der Waals surface area (Å²) in [7, 11) is 2.01. The van der Waals surface area contributed by atoms with Crippen LogP contribution in [0.2, 0.25) is 0 Å². The van der Waals surface area contributed by atoms with E-state index in [1.165, 1.54) is 23.5 Å². The highest BCUT2D eigenvalue weighted by molar-refractivity contribution is 7.18. The average Bonchev–Trinajstić information content (AvgIpc) is 3.10. The zero-order valence-corrected chi connectivity index (χ0v) is 13.8. The maximum Gasteiger partial charge on any atom is 0.324 e. The van der Waals surface area contributed by atoms with Crippen LogP contribution in [-0.4, -0.2) is 29.3 Å². The molecule has 0 aromatic carbocycles. The van der Waals surface area contributed by atoms with Crippen molar-refractivity contribution in [1.82, 2.24) is 4.90 Å². The molecule has 1 aliphatic rings. The third-order valence-electron chi connectivity index (χ3n) is 3.58. The molecule has 3 rings (SSSR count). The lowest BCUT2D eigenvalue weighted by molar-refractivity contribution is -0.380. The number of nitriles is 1. The van der Waals surface area contributed by atoms with Gasteiger partial charge in [-0.15, -0.1) is 11.3 Å². The number of carbonyl (C=O) groups is 1. The summed E-state index contributed by atoms with van der Waals surface area (Å²) >= 11 is 2.22. The summed E-state index contributed by atoms with van der Waals surface area (Å²) in [4.78, 5) is 25.9. The van der Waals surface area contributed by atoms with E-state index in [2.05, 4.69) is 16.3 Å². The van der Waals surface area contributed by atoms with E-state index in [9.17, 15) is 20.2 Å². The fourth-order valence-electron chi connectivity index (χ4n) is 2.45. The Morgan fingerprint density at radius 1 is 1.48 bits per heavy atom. The molecule has 0 bridgehead atoms. The maximum atomic E-state index is 12.3. The van der Waals surface area contributed by atoms with E-state index >= 15 is 0 Å². The molecule has 0 saturated heterocycles. The van der Waals surface area contributed by atoms with Crippen LogP contribution in [0, 0.1) is 21.4 Å².